The van der Waals surface area contributed by atoms with Crippen molar-refractivity contribution in [2.45, 2.75) is 32.0 Å². The first-order chi connectivity index (χ1) is 12.0. The molecule has 1 saturated heterocycles. The van der Waals surface area contributed by atoms with Crippen LogP contribution in [0.4, 0.5) is 9.18 Å². The minimum atomic E-state index is -1.17. The smallest absolute Gasteiger partial charge is 0.325 e. The van der Waals surface area contributed by atoms with Gasteiger partial charge in [-0.1, -0.05) is 43.3 Å². The highest BCUT2D eigenvalue weighted by Gasteiger charge is 2.51. The van der Waals surface area contributed by atoms with Gasteiger partial charge in [-0.2, -0.15) is 0 Å². The van der Waals surface area contributed by atoms with Gasteiger partial charge < -0.3 is 10.4 Å². The number of aliphatic hydroxyl groups excluding tert-OH is 1. The van der Waals surface area contributed by atoms with Crippen molar-refractivity contribution < 1.29 is 19.1 Å². The predicted octanol–water partition coefficient (Wildman–Crippen LogP) is 2.68. The second kappa shape index (κ2) is 6.64. The number of amides is 3. The van der Waals surface area contributed by atoms with Crippen LogP contribution in [-0.2, 0) is 23.5 Å². The summed E-state index contributed by atoms with van der Waals surface area (Å²) in [6, 6.07) is 12.2. The van der Waals surface area contributed by atoms with E-state index >= 15 is 0 Å². The van der Waals surface area contributed by atoms with E-state index in [1.165, 1.54) is 29.2 Å². The summed E-state index contributed by atoms with van der Waals surface area (Å²) in [6.07, 6.45) is 0.364. The maximum atomic E-state index is 13.2. The summed E-state index contributed by atoms with van der Waals surface area (Å²) in [5.41, 5.74) is 0.935. The van der Waals surface area contributed by atoms with Gasteiger partial charge in [0.25, 0.3) is 5.91 Å². The number of rotatable bonds is 5. The molecule has 0 bridgehead atoms. The lowest BCUT2D eigenvalue weighted by Crippen LogP contribution is -2.43. The van der Waals surface area contributed by atoms with Crippen molar-refractivity contribution in [1.29, 1.82) is 0 Å². The van der Waals surface area contributed by atoms with Gasteiger partial charge in [0.1, 0.15) is 11.4 Å². The molecule has 0 saturated carbocycles. The molecule has 3 amide bonds. The van der Waals surface area contributed by atoms with Crippen molar-refractivity contribution in [3.05, 3.63) is 71.0 Å². The third-order valence-electron chi connectivity index (χ3n) is 4.59. The van der Waals surface area contributed by atoms with E-state index < -0.39 is 17.4 Å². The Morgan fingerprint density at radius 2 is 1.64 bits per heavy atom. The van der Waals surface area contributed by atoms with E-state index in [2.05, 4.69) is 5.32 Å². The molecule has 0 spiro atoms. The second-order valence-corrected chi connectivity index (χ2v) is 6.06. The number of urea groups is 1. The average molecular weight is 342 g/mol. The molecular weight excluding hydrogens is 323 g/mol. The molecule has 0 radical (unpaired) electrons. The Morgan fingerprint density at radius 3 is 2.20 bits per heavy atom. The molecular formula is C19H19FN2O3. The highest BCUT2D eigenvalue weighted by atomic mass is 19.1. The van der Waals surface area contributed by atoms with Crippen LogP contribution in [0.3, 0.4) is 0 Å². The van der Waals surface area contributed by atoms with Crippen LogP contribution in [0, 0.1) is 5.82 Å². The van der Waals surface area contributed by atoms with Crippen LogP contribution in [0.25, 0.3) is 0 Å². The van der Waals surface area contributed by atoms with E-state index in [9.17, 15) is 14.0 Å². The molecule has 0 aromatic heterocycles. The summed E-state index contributed by atoms with van der Waals surface area (Å²) in [5.74, 6) is -0.745. The molecule has 6 heteroatoms. The van der Waals surface area contributed by atoms with E-state index in [1.807, 2.05) is 0 Å². The molecule has 2 aromatic carbocycles. The van der Waals surface area contributed by atoms with Crippen LogP contribution in [0.5, 0.6) is 0 Å². The van der Waals surface area contributed by atoms with Crippen LogP contribution in [0.2, 0.25) is 0 Å². The minimum Gasteiger partial charge on any atom is -0.392 e. The average Bonchev–Trinajstić information content (AvgIpc) is 2.88. The Kier molecular flexibility index (Phi) is 4.55. The molecule has 25 heavy (non-hydrogen) atoms. The fourth-order valence-corrected chi connectivity index (χ4v) is 3.08. The number of hydrogen-bond acceptors (Lipinski definition) is 3. The molecule has 130 valence electrons. The van der Waals surface area contributed by atoms with Crippen molar-refractivity contribution in [1.82, 2.24) is 10.2 Å². The standard InChI is InChI=1S/C19H19FN2O3/c1-2-19(15-7-9-16(20)10-8-15)17(24)22(18(25)21-19)11-13-3-5-14(12-23)6-4-13/h3-10,23H,2,11-12H2,1H3,(H,21,25). The van der Waals surface area contributed by atoms with Gasteiger partial charge in [-0.15, -0.1) is 0 Å². The van der Waals surface area contributed by atoms with Crippen molar-refractivity contribution in [2.24, 2.45) is 0 Å². The van der Waals surface area contributed by atoms with Gasteiger partial charge in [-0.25, -0.2) is 9.18 Å². The van der Waals surface area contributed by atoms with E-state index in [1.54, 1.807) is 31.2 Å². The molecule has 2 aromatic rings. The van der Waals surface area contributed by atoms with Gasteiger partial charge in [0.2, 0.25) is 0 Å². The van der Waals surface area contributed by atoms with E-state index in [-0.39, 0.29) is 19.1 Å². The third-order valence-corrected chi connectivity index (χ3v) is 4.59. The zero-order valence-corrected chi connectivity index (χ0v) is 13.8. The molecule has 1 fully saturated rings. The lowest BCUT2D eigenvalue weighted by molar-refractivity contribution is -0.132. The lowest BCUT2D eigenvalue weighted by Gasteiger charge is -2.25. The number of carbonyl (C=O) groups excluding carboxylic acids is 2. The number of carbonyl (C=O) groups is 2. The molecule has 1 atom stereocenters. The Morgan fingerprint density at radius 1 is 1.04 bits per heavy atom. The topological polar surface area (TPSA) is 69.6 Å². The normalized spacial score (nSPS) is 20.0. The van der Waals surface area contributed by atoms with Crippen molar-refractivity contribution >= 4 is 11.9 Å². The zero-order valence-electron chi connectivity index (χ0n) is 13.8. The van der Waals surface area contributed by atoms with Crippen LogP contribution in [0.15, 0.2) is 48.5 Å². The quantitative estimate of drug-likeness (QED) is 0.821. The number of nitrogens with zero attached hydrogens (tertiary/aromatic N) is 1. The van der Waals surface area contributed by atoms with Crippen molar-refractivity contribution in [3.8, 4) is 0 Å². The van der Waals surface area contributed by atoms with E-state index in [0.717, 1.165) is 11.1 Å². The SMILES string of the molecule is CCC1(c2ccc(F)cc2)NC(=O)N(Cc2ccc(CO)cc2)C1=O. The van der Waals surface area contributed by atoms with Crippen LogP contribution < -0.4 is 5.32 Å². The van der Waals surface area contributed by atoms with Crippen LogP contribution in [-0.4, -0.2) is 21.9 Å². The van der Waals surface area contributed by atoms with Crippen LogP contribution >= 0.6 is 0 Å². The highest BCUT2D eigenvalue weighted by molar-refractivity contribution is 6.07. The summed E-state index contributed by atoms with van der Waals surface area (Å²) in [5, 5.41) is 11.9. The molecule has 5 nitrogen and oxygen atoms in total. The number of imide groups is 1. The second-order valence-electron chi connectivity index (χ2n) is 6.06. The fourth-order valence-electron chi connectivity index (χ4n) is 3.08. The number of aliphatic hydroxyl groups is 1. The fraction of sp³-hybridized carbons (Fsp3) is 0.263. The van der Waals surface area contributed by atoms with E-state index in [0.29, 0.717) is 12.0 Å². The largest absolute Gasteiger partial charge is 0.392 e. The van der Waals surface area contributed by atoms with Gasteiger partial charge in [0.05, 0.1) is 13.2 Å². The van der Waals surface area contributed by atoms with Gasteiger partial charge in [-0.05, 0) is 35.2 Å². The lowest BCUT2D eigenvalue weighted by atomic mass is 9.87. The predicted molar refractivity (Wildman–Crippen MR) is 89.8 cm³/mol. The first-order valence-corrected chi connectivity index (χ1v) is 8.09. The Bertz CT molecular complexity index is 789. The first-order valence-electron chi connectivity index (χ1n) is 8.09. The Hall–Kier alpha value is -2.73. The van der Waals surface area contributed by atoms with Crippen LogP contribution in [0.1, 0.15) is 30.0 Å². The zero-order chi connectivity index (χ0) is 18.0. The summed E-state index contributed by atoms with van der Waals surface area (Å²) in [7, 11) is 0. The summed E-state index contributed by atoms with van der Waals surface area (Å²) < 4.78 is 13.2. The van der Waals surface area contributed by atoms with Crippen molar-refractivity contribution in [3.63, 3.8) is 0 Å². The number of nitrogens with one attached hydrogen (secondary N) is 1. The van der Waals surface area contributed by atoms with Gasteiger partial charge >= 0.3 is 6.03 Å². The molecule has 1 unspecified atom stereocenters. The maximum Gasteiger partial charge on any atom is 0.325 e. The summed E-state index contributed by atoms with van der Waals surface area (Å²) >= 11 is 0. The van der Waals surface area contributed by atoms with Gasteiger partial charge in [0, 0.05) is 0 Å². The highest BCUT2D eigenvalue weighted by Crippen LogP contribution is 2.33. The summed E-state index contributed by atoms with van der Waals surface area (Å²) in [6.45, 7) is 1.88. The van der Waals surface area contributed by atoms with E-state index in [4.69, 9.17) is 5.11 Å². The molecule has 1 aliphatic rings. The number of hydrogen-bond donors (Lipinski definition) is 2. The minimum absolute atomic E-state index is 0.0626. The molecule has 3 rings (SSSR count). The summed E-state index contributed by atoms with van der Waals surface area (Å²) in [4.78, 5) is 26.6. The Balaban J connectivity index is 1.88. The monoisotopic (exact) mass is 342 g/mol. The molecule has 1 heterocycles. The number of benzene rings is 2. The van der Waals surface area contributed by atoms with Crippen molar-refractivity contribution in [2.75, 3.05) is 0 Å². The Labute approximate surface area is 145 Å². The molecule has 0 aliphatic carbocycles. The van der Waals surface area contributed by atoms with Gasteiger partial charge in [-0.3, -0.25) is 9.69 Å². The first kappa shape index (κ1) is 17.1. The maximum absolute atomic E-state index is 13.2. The number of halogens is 1. The molecule has 1 aliphatic heterocycles. The molecule has 2 N–H and O–H groups in total. The third kappa shape index (κ3) is 3.00. The van der Waals surface area contributed by atoms with Gasteiger partial charge in [0.15, 0.2) is 0 Å².